The predicted molar refractivity (Wildman–Crippen MR) is 61.1 cm³/mol. The van der Waals surface area contributed by atoms with Crippen molar-refractivity contribution in [1.29, 1.82) is 0 Å². The van der Waals surface area contributed by atoms with Crippen LogP contribution in [0.4, 0.5) is 0 Å². The lowest BCUT2D eigenvalue weighted by Gasteiger charge is -2.28. The summed E-state index contributed by atoms with van der Waals surface area (Å²) in [5.74, 6) is 0.107. The van der Waals surface area contributed by atoms with Crippen LogP contribution in [0.1, 0.15) is 20.3 Å². The van der Waals surface area contributed by atoms with Gasteiger partial charge in [-0.05, 0) is 13.8 Å². The van der Waals surface area contributed by atoms with Crippen LogP contribution < -0.4 is 5.32 Å². The van der Waals surface area contributed by atoms with Gasteiger partial charge in [0.1, 0.15) is 0 Å². The van der Waals surface area contributed by atoms with Crippen molar-refractivity contribution in [1.82, 2.24) is 10.2 Å². The lowest BCUT2D eigenvalue weighted by atomic mass is 10.3. The van der Waals surface area contributed by atoms with E-state index in [1.807, 2.05) is 13.8 Å². The minimum Gasteiger partial charge on any atom is -0.354 e. The molecular weight excluding hydrogens is 208 g/mol. The molecule has 0 bridgehead atoms. The fourth-order valence-corrected chi connectivity index (χ4v) is 1.76. The number of nitrogens with zero attached hydrogens (tertiary/aromatic N) is 1. The average molecular weight is 230 g/mol. The zero-order valence-corrected chi connectivity index (χ0v) is 10.2. The molecule has 1 N–H and O–H groups in total. The number of nitrogens with one attached hydrogen (secondary N) is 1. The summed E-state index contributed by atoms with van der Waals surface area (Å²) in [4.78, 5) is 13.3. The van der Waals surface area contributed by atoms with E-state index in [0.29, 0.717) is 19.8 Å². The Morgan fingerprint density at radius 3 is 2.62 bits per heavy atom. The van der Waals surface area contributed by atoms with Gasteiger partial charge in [-0.25, -0.2) is 0 Å². The van der Waals surface area contributed by atoms with Gasteiger partial charge >= 0.3 is 0 Å². The van der Waals surface area contributed by atoms with E-state index < -0.39 is 0 Å². The maximum atomic E-state index is 11.2. The van der Waals surface area contributed by atoms with Crippen molar-refractivity contribution < 1.29 is 14.3 Å². The Hall–Kier alpha value is -0.650. The first-order valence-electron chi connectivity index (χ1n) is 5.98. The molecule has 5 heteroatoms. The largest absolute Gasteiger partial charge is 0.354 e. The molecule has 0 atom stereocenters. The van der Waals surface area contributed by atoms with Crippen molar-refractivity contribution in [3.8, 4) is 0 Å². The van der Waals surface area contributed by atoms with Crippen LogP contribution in [0.3, 0.4) is 0 Å². The van der Waals surface area contributed by atoms with Crippen LogP contribution >= 0.6 is 0 Å². The zero-order chi connectivity index (χ0) is 11.8. The topological polar surface area (TPSA) is 50.8 Å². The van der Waals surface area contributed by atoms with Gasteiger partial charge in [0, 0.05) is 39.3 Å². The van der Waals surface area contributed by atoms with E-state index in [9.17, 15) is 4.79 Å². The summed E-state index contributed by atoms with van der Waals surface area (Å²) >= 11 is 0. The van der Waals surface area contributed by atoms with Crippen molar-refractivity contribution >= 4 is 5.91 Å². The number of ether oxygens (including phenoxy) is 2. The summed E-state index contributed by atoms with van der Waals surface area (Å²) in [6.45, 7) is 8.23. The lowest BCUT2D eigenvalue weighted by Crippen LogP contribution is -2.48. The molecule has 1 saturated heterocycles. The normalized spacial score (nSPS) is 17.8. The quantitative estimate of drug-likeness (QED) is 0.635. The molecule has 1 amide bonds. The fourth-order valence-electron chi connectivity index (χ4n) is 1.76. The molecule has 5 nitrogen and oxygen atoms in total. The van der Waals surface area contributed by atoms with Gasteiger partial charge in [0.2, 0.25) is 5.91 Å². The van der Waals surface area contributed by atoms with E-state index in [1.165, 1.54) is 0 Å². The van der Waals surface area contributed by atoms with E-state index in [-0.39, 0.29) is 12.2 Å². The second-order valence-electron chi connectivity index (χ2n) is 3.76. The summed E-state index contributed by atoms with van der Waals surface area (Å²) in [6.07, 6.45) is 0.676. The Labute approximate surface area is 97.1 Å². The molecule has 0 aromatic heterocycles. The van der Waals surface area contributed by atoms with Crippen molar-refractivity contribution in [2.75, 3.05) is 39.4 Å². The van der Waals surface area contributed by atoms with Crippen LogP contribution in [-0.4, -0.2) is 56.5 Å². The molecule has 0 aromatic rings. The Morgan fingerprint density at radius 2 is 2.06 bits per heavy atom. The second-order valence-corrected chi connectivity index (χ2v) is 3.76. The summed E-state index contributed by atoms with van der Waals surface area (Å²) < 4.78 is 10.9. The number of hydrogen-bond acceptors (Lipinski definition) is 4. The highest BCUT2D eigenvalue weighted by Crippen LogP contribution is 2.04. The van der Waals surface area contributed by atoms with Crippen LogP contribution in [0.5, 0.6) is 0 Å². The maximum Gasteiger partial charge on any atom is 0.234 e. The molecule has 1 rings (SSSR count). The molecule has 0 radical (unpaired) electrons. The number of carbonyl (C=O) groups is 1. The van der Waals surface area contributed by atoms with Gasteiger partial charge in [0.05, 0.1) is 6.54 Å². The Morgan fingerprint density at radius 1 is 1.38 bits per heavy atom. The van der Waals surface area contributed by atoms with Crippen LogP contribution in [0.25, 0.3) is 0 Å². The highest BCUT2D eigenvalue weighted by Gasteiger charge is 2.17. The first-order chi connectivity index (χ1) is 7.76. The molecule has 1 aliphatic heterocycles. The lowest BCUT2D eigenvalue weighted by molar-refractivity contribution is -0.143. The molecule has 16 heavy (non-hydrogen) atoms. The molecule has 1 heterocycles. The van der Waals surface area contributed by atoms with Gasteiger partial charge in [0.15, 0.2) is 6.29 Å². The SMILES string of the molecule is CCOC(CCN1CCNC(=O)C1)OCC. The smallest absolute Gasteiger partial charge is 0.234 e. The van der Waals surface area contributed by atoms with Gasteiger partial charge in [-0.2, -0.15) is 0 Å². The molecule has 1 fully saturated rings. The van der Waals surface area contributed by atoms with E-state index in [2.05, 4.69) is 10.2 Å². The Bertz CT molecular complexity index is 205. The minimum atomic E-state index is -0.139. The van der Waals surface area contributed by atoms with Crippen molar-refractivity contribution in [3.05, 3.63) is 0 Å². The van der Waals surface area contributed by atoms with Crippen LogP contribution in [0.15, 0.2) is 0 Å². The first kappa shape index (κ1) is 13.4. The van der Waals surface area contributed by atoms with Crippen LogP contribution in [-0.2, 0) is 14.3 Å². The predicted octanol–water partition coefficient (Wildman–Crippen LogP) is 0.207. The summed E-state index contributed by atoms with van der Waals surface area (Å²) in [5.41, 5.74) is 0. The highest BCUT2D eigenvalue weighted by atomic mass is 16.7. The monoisotopic (exact) mass is 230 g/mol. The van der Waals surface area contributed by atoms with Gasteiger partial charge in [-0.1, -0.05) is 0 Å². The van der Waals surface area contributed by atoms with Gasteiger partial charge in [0.25, 0.3) is 0 Å². The van der Waals surface area contributed by atoms with Crippen molar-refractivity contribution in [3.63, 3.8) is 0 Å². The summed E-state index contributed by atoms with van der Waals surface area (Å²) in [7, 11) is 0. The van der Waals surface area contributed by atoms with Crippen LogP contribution in [0.2, 0.25) is 0 Å². The molecule has 1 aliphatic rings. The third-order valence-electron chi connectivity index (χ3n) is 2.50. The van der Waals surface area contributed by atoms with E-state index >= 15 is 0 Å². The molecule has 0 unspecified atom stereocenters. The Kier molecular flexibility index (Phi) is 6.37. The van der Waals surface area contributed by atoms with Crippen LogP contribution in [0, 0.1) is 0 Å². The fraction of sp³-hybridized carbons (Fsp3) is 0.909. The zero-order valence-electron chi connectivity index (χ0n) is 10.2. The number of amides is 1. The third kappa shape index (κ3) is 4.92. The average Bonchev–Trinajstić information content (AvgIpc) is 2.27. The number of piperazine rings is 1. The first-order valence-corrected chi connectivity index (χ1v) is 5.98. The second kappa shape index (κ2) is 7.60. The van der Waals surface area contributed by atoms with Gasteiger partial charge < -0.3 is 14.8 Å². The molecule has 0 aromatic carbocycles. The molecule has 0 saturated carbocycles. The highest BCUT2D eigenvalue weighted by molar-refractivity contribution is 5.78. The van der Waals surface area contributed by atoms with Gasteiger partial charge in [-0.15, -0.1) is 0 Å². The molecule has 0 aliphatic carbocycles. The van der Waals surface area contributed by atoms with Crippen molar-refractivity contribution in [2.45, 2.75) is 26.6 Å². The maximum absolute atomic E-state index is 11.2. The van der Waals surface area contributed by atoms with Crippen molar-refractivity contribution in [2.24, 2.45) is 0 Å². The number of rotatable bonds is 7. The van der Waals surface area contributed by atoms with E-state index in [0.717, 1.165) is 26.1 Å². The molecule has 0 spiro atoms. The number of hydrogen-bond donors (Lipinski definition) is 1. The molecule has 94 valence electrons. The van der Waals surface area contributed by atoms with E-state index in [1.54, 1.807) is 0 Å². The van der Waals surface area contributed by atoms with Gasteiger partial charge in [-0.3, -0.25) is 9.69 Å². The number of carbonyl (C=O) groups excluding carboxylic acids is 1. The summed E-state index contributed by atoms with van der Waals surface area (Å²) in [6, 6.07) is 0. The Balaban J connectivity index is 2.22. The molecular formula is C11H22N2O3. The minimum absolute atomic E-state index is 0.107. The van der Waals surface area contributed by atoms with E-state index in [4.69, 9.17) is 9.47 Å². The standard InChI is InChI=1S/C11H22N2O3/c1-3-15-11(16-4-2)5-7-13-8-6-12-10(14)9-13/h11H,3-9H2,1-2H3,(H,12,14). The summed E-state index contributed by atoms with van der Waals surface area (Å²) in [5, 5.41) is 2.81. The third-order valence-corrected chi connectivity index (χ3v) is 2.50.